The van der Waals surface area contributed by atoms with Crippen molar-refractivity contribution in [1.82, 2.24) is 14.9 Å². The molecule has 162 valence electrons. The normalized spacial score (nSPS) is 17.3. The third-order valence-corrected chi connectivity index (χ3v) is 5.35. The zero-order valence-corrected chi connectivity index (χ0v) is 16.7. The predicted molar refractivity (Wildman–Crippen MR) is 109 cm³/mol. The number of halogens is 3. The molecule has 1 unspecified atom stereocenters. The first kappa shape index (κ1) is 21.4. The topological polar surface area (TPSA) is 58.5 Å². The van der Waals surface area contributed by atoms with E-state index >= 15 is 0 Å². The van der Waals surface area contributed by atoms with Crippen molar-refractivity contribution in [2.45, 2.75) is 18.3 Å². The predicted octanol–water partition coefficient (Wildman–Crippen LogP) is 4.27. The van der Waals surface area contributed by atoms with Crippen LogP contribution in [0.3, 0.4) is 0 Å². The maximum atomic E-state index is 13.2. The number of rotatable bonds is 5. The Morgan fingerprint density at radius 1 is 0.935 bits per heavy atom. The van der Waals surface area contributed by atoms with Crippen LogP contribution in [0.4, 0.5) is 13.2 Å². The van der Waals surface area contributed by atoms with Crippen LogP contribution < -0.4 is 0 Å². The molecule has 0 aliphatic carbocycles. The minimum absolute atomic E-state index is 0.297. The molecule has 0 radical (unpaired) electrons. The van der Waals surface area contributed by atoms with Gasteiger partial charge >= 0.3 is 6.18 Å². The van der Waals surface area contributed by atoms with Gasteiger partial charge in [-0.25, -0.2) is 0 Å². The summed E-state index contributed by atoms with van der Waals surface area (Å²) >= 11 is 0. The zero-order valence-electron chi connectivity index (χ0n) is 16.7. The van der Waals surface area contributed by atoms with Gasteiger partial charge in [-0.1, -0.05) is 24.3 Å². The molecule has 5 nitrogen and oxygen atoms in total. The molecule has 8 heteroatoms. The second-order valence-electron chi connectivity index (χ2n) is 7.31. The largest absolute Gasteiger partial charge is 0.416 e. The molecule has 1 saturated heterocycles. The Morgan fingerprint density at radius 3 is 2.42 bits per heavy atom. The van der Waals surface area contributed by atoms with Crippen molar-refractivity contribution >= 4 is 0 Å². The Hall–Kier alpha value is -2.81. The van der Waals surface area contributed by atoms with Crippen LogP contribution in [0.5, 0.6) is 0 Å². The number of alkyl halides is 3. The lowest BCUT2D eigenvalue weighted by atomic mass is 9.93. The van der Waals surface area contributed by atoms with E-state index in [9.17, 15) is 18.3 Å². The molecule has 0 spiro atoms. The maximum Gasteiger partial charge on any atom is 0.416 e. The van der Waals surface area contributed by atoms with Gasteiger partial charge in [0, 0.05) is 36.6 Å². The van der Waals surface area contributed by atoms with E-state index in [1.165, 1.54) is 12.3 Å². The lowest BCUT2D eigenvalue weighted by molar-refractivity contribution is -0.137. The minimum atomic E-state index is -4.46. The number of benzene rings is 1. The molecule has 1 N–H and O–H groups in total. The second-order valence-corrected chi connectivity index (χ2v) is 7.31. The molecule has 3 aromatic rings. The molecule has 0 amide bonds. The van der Waals surface area contributed by atoms with Crippen LogP contribution in [0.2, 0.25) is 0 Å². The van der Waals surface area contributed by atoms with Gasteiger partial charge in [0.25, 0.3) is 0 Å². The lowest BCUT2D eigenvalue weighted by Gasteiger charge is -2.37. The van der Waals surface area contributed by atoms with E-state index in [1.807, 2.05) is 12.1 Å². The maximum absolute atomic E-state index is 13.2. The van der Waals surface area contributed by atoms with Crippen LogP contribution in [-0.2, 0) is 10.9 Å². The number of morpholine rings is 1. The van der Waals surface area contributed by atoms with Crippen LogP contribution in [-0.4, -0.2) is 46.3 Å². The smallest absolute Gasteiger partial charge is 0.386 e. The van der Waals surface area contributed by atoms with Crippen LogP contribution in [0.25, 0.3) is 11.3 Å². The highest BCUT2D eigenvalue weighted by atomic mass is 19.4. The first-order valence-electron chi connectivity index (χ1n) is 9.98. The van der Waals surface area contributed by atoms with E-state index in [1.54, 1.807) is 30.5 Å². The molecule has 4 rings (SSSR count). The SMILES string of the molecule is OC(c1cccnc1-c1cccc(C(F)(F)F)c1)[C@H](c1ccccn1)N1CCOCC1. The lowest BCUT2D eigenvalue weighted by Crippen LogP contribution is -2.41. The fourth-order valence-electron chi connectivity index (χ4n) is 3.87. The average Bonchev–Trinajstić information content (AvgIpc) is 2.80. The summed E-state index contributed by atoms with van der Waals surface area (Å²) in [4.78, 5) is 10.8. The highest BCUT2D eigenvalue weighted by Crippen LogP contribution is 2.38. The molecule has 3 heterocycles. The molecule has 31 heavy (non-hydrogen) atoms. The Kier molecular flexibility index (Phi) is 6.31. The fourth-order valence-corrected chi connectivity index (χ4v) is 3.87. The van der Waals surface area contributed by atoms with Crippen molar-refractivity contribution in [2.24, 2.45) is 0 Å². The number of nitrogens with zero attached hydrogens (tertiary/aromatic N) is 3. The summed E-state index contributed by atoms with van der Waals surface area (Å²) in [6.07, 6.45) is -2.34. The van der Waals surface area contributed by atoms with E-state index in [-0.39, 0.29) is 0 Å². The van der Waals surface area contributed by atoms with Gasteiger partial charge < -0.3 is 9.84 Å². The van der Waals surface area contributed by atoms with Gasteiger partial charge in [0.05, 0.1) is 36.2 Å². The summed E-state index contributed by atoms with van der Waals surface area (Å²) < 4.78 is 45.2. The van der Waals surface area contributed by atoms with Gasteiger partial charge in [0.1, 0.15) is 6.10 Å². The first-order valence-corrected chi connectivity index (χ1v) is 9.98. The van der Waals surface area contributed by atoms with E-state index in [2.05, 4.69) is 14.9 Å². The van der Waals surface area contributed by atoms with Gasteiger partial charge in [-0.05, 0) is 30.3 Å². The van der Waals surface area contributed by atoms with E-state index in [4.69, 9.17) is 4.74 Å². The van der Waals surface area contributed by atoms with Crippen molar-refractivity contribution in [3.63, 3.8) is 0 Å². The molecule has 2 atom stereocenters. The Bertz CT molecular complexity index is 1010. The van der Waals surface area contributed by atoms with Gasteiger partial charge in [0.15, 0.2) is 0 Å². The number of aliphatic hydroxyl groups is 1. The van der Waals surface area contributed by atoms with Gasteiger partial charge in [-0.15, -0.1) is 0 Å². The van der Waals surface area contributed by atoms with E-state index in [0.29, 0.717) is 48.8 Å². The van der Waals surface area contributed by atoms with Crippen LogP contribution >= 0.6 is 0 Å². The zero-order chi connectivity index (χ0) is 21.8. The fraction of sp³-hybridized carbons (Fsp3) is 0.304. The summed E-state index contributed by atoms with van der Waals surface area (Å²) in [6, 6.07) is 13.4. The number of ether oxygens (including phenoxy) is 1. The van der Waals surface area contributed by atoms with Crippen LogP contribution in [0, 0.1) is 0 Å². The summed E-state index contributed by atoms with van der Waals surface area (Å²) in [7, 11) is 0. The summed E-state index contributed by atoms with van der Waals surface area (Å²) in [5.41, 5.74) is 0.978. The van der Waals surface area contributed by atoms with Gasteiger partial charge in [-0.2, -0.15) is 13.2 Å². The molecule has 1 aliphatic rings. The number of pyridine rings is 2. The second kappa shape index (κ2) is 9.13. The van der Waals surface area contributed by atoms with Crippen molar-refractivity contribution in [3.8, 4) is 11.3 Å². The first-order chi connectivity index (χ1) is 14.9. The molecular formula is C23H22F3N3O2. The average molecular weight is 429 g/mol. The van der Waals surface area contributed by atoms with Crippen molar-refractivity contribution in [2.75, 3.05) is 26.3 Å². The number of hydrogen-bond acceptors (Lipinski definition) is 5. The van der Waals surface area contributed by atoms with Gasteiger partial charge in [-0.3, -0.25) is 14.9 Å². The molecule has 1 aromatic carbocycles. The molecule has 1 aliphatic heterocycles. The Labute approximate surface area is 178 Å². The third kappa shape index (κ3) is 4.76. The third-order valence-electron chi connectivity index (χ3n) is 5.35. The molecule has 2 aromatic heterocycles. The highest BCUT2D eigenvalue weighted by Gasteiger charge is 2.34. The van der Waals surface area contributed by atoms with Crippen molar-refractivity contribution < 1.29 is 23.0 Å². The van der Waals surface area contributed by atoms with Gasteiger partial charge in [0.2, 0.25) is 0 Å². The van der Waals surface area contributed by atoms with E-state index < -0.39 is 23.9 Å². The molecule has 0 saturated carbocycles. The van der Waals surface area contributed by atoms with E-state index in [0.717, 1.165) is 12.1 Å². The number of aromatic nitrogens is 2. The Balaban J connectivity index is 1.76. The van der Waals surface area contributed by atoms with Crippen LogP contribution in [0.1, 0.15) is 29.0 Å². The monoisotopic (exact) mass is 429 g/mol. The molecule has 1 fully saturated rings. The number of hydrogen-bond donors (Lipinski definition) is 1. The summed E-state index contributed by atoms with van der Waals surface area (Å²) in [5, 5.41) is 11.5. The van der Waals surface area contributed by atoms with Crippen LogP contribution in [0.15, 0.2) is 67.0 Å². The number of aliphatic hydroxyl groups excluding tert-OH is 1. The van der Waals surface area contributed by atoms with Crippen molar-refractivity contribution in [3.05, 3.63) is 83.8 Å². The summed E-state index contributed by atoms with van der Waals surface area (Å²) in [5.74, 6) is 0. The minimum Gasteiger partial charge on any atom is -0.386 e. The van der Waals surface area contributed by atoms with Crippen molar-refractivity contribution in [1.29, 1.82) is 0 Å². The molecular weight excluding hydrogens is 407 g/mol. The quantitative estimate of drug-likeness (QED) is 0.657. The standard InChI is InChI=1S/C23H22F3N3O2/c24-23(25,26)17-6-3-5-16(15-17)20-18(7-4-10-28-20)22(30)21(19-8-1-2-9-27-19)29-11-13-31-14-12-29/h1-10,15,21-22,30H,11-14H2/t21-,22?/m0/s1. The highest BCUT2D eigenvalue weighted by molar-refractivity contribution is 5.64. The Morgan fingerprint density at radius 2 is 1.71 bits per heavy atom. The molecule has 0 bridgehead atoms. The summed E-state index contributed by atoms with van der Waals surface area (Å²) in [6.45, 7) is 2.28.